The van der Waals surface area contributed by atoms with Crippen molar-refractivity contribution in [2.24, 2.45) is 0 Å². The fourth-order valence-corrected chi connectivity index (χ4v) is 4.33. The summed E-state index contributed by atoms with van der Waals surface area (Å²) >= 11 is 16.2. The zero-order chi connectivity index (χ0) is 18.1. The van der Waals surface area contributed by atoms with E-state index in [1.165, 1.54) is 0 Å². The molecule has 26 heavy (non-hydrogen) atoms. The number of hydrogen-bond acceptors (Lipinski definition) is 3. The second-order valence-corrected chi connectivity index (χ2v) is 8.16. The molecule has 1 saturated heterocycles. The van der Waals surface area contributed by atoms with E-state index in [2.05, 4.69) is 36.7 Å². The topological polar surface area (TPSA) is 32.6 Å². The summed E-state index contributed by atoms with van der Waals surface area (Å²) in [7, 11) is 0. The van der Waals surface area contributed by atoms with E-state index in [4.69, 9.17) is 28.2 Å². The number of hydrogen-bond donors (Lipinski definition) is 1. The highest BCUT2D eigenvalue weighted by Crippen LogP contribution is 2.34. The normalized spacial score (nSPS) is 16.1. The van der Waals surface area contributed by atoms with Crippen LogP contribution < -0.4 is 5.32 Å². The van der Waals surface area contributed by atoms with Crippen molar-refractivity contribution < 1.29 is 0 Å². The van der Waals surface area contributed by atoms with E-state index in [1.54, 1.807) is 6.07 Å². The van der Waals surface area contributed by atoms with Gasteiger partial charge >= 0.3 is 0 Å². The van der Waals surface area contributed by atoms with Gasteiger partial charge in [0.15, 0.2) is 5.65 Å². The fourth-order valence-electron chi connectivity index (χ4n) is 3.40. The molecule has 0 bridgehead atoms. The van der Waals surface area contributed by atoms with Crippen molar-refractivity contribution in [2.75, 3.05) is 26.2 Å². The lowest BCUT2D eigenvalue weighted by Crippen LogP contribution is -2.28. The number of aromatic nitrogens is 2. The monoisotopic (exact) mass is 452 g/mol. The van der Waals surface area contributed by atoms with Gasteiger partial charge in [-0.1, -0.05) is 23.2 Å². The molecule has 136 valence electrons. The van der Waals surface area contributed by atoms with Crippen LogP contribution in [0.2, 0.25) is 10.0 Å². The van der Waals surface area contributed by atoms with Crippen molar-refractivity contribution in [3.05, 3.63) is 56.7 Å². The van der Waals surface area contributed by atoms with E-state index in [0.29, 0.717) is 10.0 Å². The Morgan fingerprint density at radius 1 is 1.15 bits per heavy atom. The Hall–Kier alpha value is -1.11. The first-order chi connectivity index (χ1) is 12.6. The van der Waals surface area contributed by atoms with Gasteiger partial charge in [-0.25, -0.2) is 4.98 Å². The van der Waals surface area contributed by atoms with E-state index < -0.39 is 0 Å². The molecule has 1 aliphatic heterocycles. The molecule has 1 aromatic carbocycles. The van der Waals surface area contributed by atoms with Crippen molar-refractivity contribution in [1.82, 2.24) is 19.6 Å². The number of fused-ring (bicyclic) bond motifs is 1. The third-order valence-electron chi connectivity index (χ3n) is 4.69. The maximum atomic E-state index is 6.50. The Bertz CT molecular complexity index is 933. The first-order valence-electron chi connectivity index (χ1n) is 8.67. The van der Waals surface area contributed by atoms with E-state index >= 15 is 0 Å². The van der Waals surface area contributed by atoms with Gasteiger partial charge in [-0.3, -0.25) is 4.90 Å². The van der Waals surface area contributed by atoms with Crippen LogP contribution in [0.4, 0.5) is 0 Å². The van der Waals surface area contributed by atoms with Gasteiger partial charge in [-0.05, 0) is 65.8 Å². The number of halogens is 3. The van der Waals surface area contributed by atoms with Crippen LogP contribution in [0.1, 0.15) is 12.1 Å². The number of imidazole rings is 1. The Morgan fingerprint density at radius 2 is 2.04 bits per heavy atom. The van der Waals surface area contributed by atoms with Crippen LogP contribution in [-0.4, -0.2) is 40.5 Å². The third kappa shape index (κ3) is 3.64. The van der Waals surface area contributed by atoms with Crippen molar-refractivity contribution in [1.29, 1.82) is 0 Å². The number of rotatable bonds is 3. The summed E-state index contributed by atoms with van der Waals surface area (Å²) < 4.78 is 3.12. The molecule has 7 heteroatoms. The molecule has 0 spiro atoms. The van der Waals surface area contributed by atoms with Gasteiger partial charge in [0.1, 0.15) is 0 Å². The largest absolute Gasteiger partial charge is 0.315 e. The number of nitrogens with zero attached hydrogens (tertiary/aromatic N) is 3. The lowest BCUT2D eigenvalue weighted by molar-refractivity contribution is 0.281. The number of nitrogens with one attached hydrogen (secondary N) is 1. The molecule has 1 aliphatic rings. The lowest BCUT2D eigenvalue weighted by atomic mass is 10.1. The van der Waals surface area contributed by atoms with E-state index in [-0.39, 0.29) is 0 Å². The average molecular weight is 454 g/mol. The maximum Gasteiger partial charge on any atom is 0.152 e. The van der Waals surface area contributed by atoms with E-state index in [0.717, 1.165) is 66.2 Å². The Kier molecular flexibility index (Phi) is 5.53. The molecular formula is C19H19BrCl2N4. The molecule has 1 fully saturated rings. The van der Waals surface area contributed by atoms with Crippen LogP contribution in [0, 0.1) is 0 Å². The maximum absolute atomic E-state index is 6.50. The summed E-state index contributed by atoms with van der Waals surface area (Å²) in [4.78, 5) is 7.38. The smallest absolute Gasteiger partial charge is 0.152 e. The molecule has 0 aliphatic carbocycles. The van der Waals surface area contributed by atoms with E-state index in [9.17, 15) is 0 Å². The minimum atomic E-state index is 0.621. The summed E-state index contributed by atoms with van der Waals surface area (Å²) in [5.74, 6) is 0. The lowest BCUT2D eigenvalue weighted by Gasteiger charge is -2.20. The van der Waals surface area contributed by atoms with Gasteiger partial charge in [-0.2, -0.15) is 0 Å². The second-order valence-electron chi connectivity index (χ2n) is 6.46. The summed E-state index contributed by atoms with van der Waals surface area (Å²) in [6, 6.07) is 9.63. The first kappa shape index (κ1) is 18.3. The highest BCUT2D eigenvalue weighted by molar-refractivity contribution is 9.10. The third-order valence-corrected chi connectivity index (χ3v) is 5.86. The molecule has 0 radical (unpaired) electrons. The number of benzene rings is 1. The molecule has 0 unspecified atom stereocenters. The molecule has 1 N–H and O–H groups in total. The molecule has 4 nitrogen and oxygen atoms in total. The van der Waals surface area contributed by atoms with Crippen molar-refractivity contribution >= 4 is 44.8 Å². The van der Waals surface area contributed by atoms with Gasteiger partial charge in [0, 0.05) is 36.4 Å². The minimum absolute atomic E-state index is 0.621. The predicted molar refractivity (Wildman–Crippen MR) is 111 cm³/mol. The quantitative estimate of drug-likeness (QED) is 0.614. The van der Waals surface area contributed by atoms with Crippen LogP contribution in [-0.2, 0) is 6.54 Å². The van der Waals surface area contributed by atoms with Gasteiger partial charge in [-0.15, -0.1) is 0 Å². The molecule has 0 atom stereocenters. The summed E-state index contributed by atoms with van der Waals surface area (Å²) in [5.41, 5.74) is 3.87. The van der Waals surface area contributed by atoms with E-state index in [1.807, 2.05) is 24.3 Å². The van der Waals surface area contributed by atoms with Gasteiger partial charge in [0.05, 0.1) is 20.9 Å². The second kappa shape index (κ2) is 7.87. The van der Waals surface area contributed by atoms with Crippen LogP contribution in [0.25, 0.3) is 16.9 Å². The van der Waals surface area contributed by atoms with Crippen LogP contribution in [0.15, 0.2) is 41.0 Å². The summed E-state index contributed by atoms with van der Waals surface area (Å²) in [5, 5.41) is 4.71. The average Bonchev–Trinajstić information content (AvgIpc) is 2.79. The van der Waals surface area contributed by atoms with Crippen LogP contribution in [0.3, 0.4) is 0 Å². The fraction of sp³-hybridized carbons (Fsp3) is 0.316. The Morgan fingerprint density at radius 3 is 2.88 bits per heavy atom. The minimum Gasteiger partial charge on any atom is -0.315 e. The first-order valence-corrected chi connectivity index (χ1v) is 10.2. The zero-order valence-corrected chi connectivity index (χ0v) is 17.3. The molecule has 0 saturated carbocycles. The Labute approximate surface area is 171 Å². The summed E-state index contributed by atoms with van der Waals surface area (Å²) in [6.45, 7) is 5.01. The van der Waals surface area contributed by atoms with Gasteiger partial charge < -0.3 is 9.72 Å². The molecule has 4 rings (SSSR count). The van der Waals surface area contributed by atoms with Crippen LogP contribution in [0.5, 0.6) is 0 Å². The van der Waals surface area contributed by atoms with Gasteiger partial charge in [0.25, 0.3) is 0 Å². The van der Waals surface area contributed by atoms with Crippen molar-refractivity contribution in [3.63, 3.8) is 0 Å². The molecule has 3 heterocycles. The highest BCUT2D eigenvalue weighted by atomic mass is 79.9. The zero-order valence-electron chi connectivity index (χ0n) is 14.2. The standard InChI is InChI=1S/C19H19BrCl2N4/c20-15-3-1-9-26-17(12-25-8-2-6-23-7-10-25)18(24-19(15)26)14-5-4-13(21)11-16(14)22/h1,3-5,9,11,23H,2,6-8,10,12H2. The Balaban J connectivity index is 1.84. The summed E-state index contributed by atoms with van der Waals surface area (Å²) in [6.07, 6.45) is 3.21. The SMILES string of the molecule is Clc1ccc(-c2nc3c(Br)cccn3c2CN2CCCNCC2)c(Cl)c1. The van der Waals surface area contributed by atoms with Gasteiger partial charge in [0.2, 0.25) is 0 Å². The highest BCUT2D eigenvalue weighted by Gasteiger charge is 2.20. The molecule has 3 aromatic rings. The molecule has 0 amide bonds. The predicted octanol–water partition coefficient (Wildman–Crippen LogP) is 4.87. The molecular weight excluding hydrogens is 435 g/mol. The van der Waals surface area contributed by atoms with Crippen molar-refractivity contribution in [3.8, 4) is 11.3 Å². The number of pyridine rings is 1. The van der Waals surface area contributed by atoms with Crippen LogP contribution >= 0.6 is 39.1 Å². The molecule has 2 aromatic heterocycles. The van der Waals surface area contributed by atoms with Crippen molar-refractivity contribution in [2.45, 2.75) is 13.0 Å².